The molecule has 0 bridgehead atoms. The normalized spacial score (nSPS) is 20.6. The Labute approximate surface area is 184 Å². The number of pyridine rings is 1. The molecule has 3 heterocycles. The summed E-state index contributed by atoms with van der Waals surface area (Å²) in [5.74, 6) is 1.87. The van der Waals surface area contributed by atoms with Crippen LogP contribution in [0.15, 0.2) is 60.6 Å². The van der Waals surface area contributed by atoms with Crippen molar-refractivity contribution in [1.29, 1.82) is 0 Å². The molecule has 0 saturated heterocycles. The number of anilines is 2. The fourth-order valence-corrected chi connectivity index (χ4v) is 4.14. The van der Waals surface area contributed by atoms with Crippen LogP contribution in [-0.2, 0) is 0 Å². The van der Waals surface area contributed by atoms with Gasteiger partial charge < -0.3 is 30.6 Å². The van der Waals surface area contributed by atoms with E-state index in [2.05, 4.69) is 20.3 Å². The highest BCUT2D eigenvalue weighted by atomic mass is 16.5. The first-order chi connectivity index (χ1) is 15.5. The number of nitrogens with zero attached hydrogens (tertiary/aromatic N) is 4. The van der Waals surface area contributed by atoms with Crippen molar-refractivity contribution in [1.82, 2.24) is 19.5 Å². The molecule has 0 saturated carbocycles. The number of benzene rings is 1. The summed E-state index contributed by atoms with van der Waals surface area (Å²) < 4.78 is 7.72. The van der Waals surface area contributed by atoms with Crippen LogP contribution in [0, 0.1) is 0 Å². The molecule has 0 amide bonds. The van der Waals surface area contributed by atoms with E-state index in [9.17, 15) is 10.2 Å². The summed E-state index contributed by atoms with van der Waals surface area (Å²) in [6, 6.07) is 11.0. The Morgan fingerprint density at radius 3 is 2.84 bits per heavy atom. The van der Waals surface area contributed by atoms with Crippen LogP contribution in [-0.4, -0.2) is 55.6 Å². The zero-order valence-electron chi connectivity index (χ0n) is 17.5. The van der Waals surface area contributed by atoms with Gasteiger partial charge in [0.2, 0.25) is 0 Å². The lowest BCUT2D eigenvalue weighted by Gasteiger charge is -2.19. The van der Waals surface area contributed by atoms with Crippen LogP contribution in [0.5, 0.6) is 5.75 Å². The number of ether oxygens (including phenoxy) is 1. The lowest BCUT2D eigenvalue weighted by molar-refractivity contribution is 0.0310. The molecule has 0 fully saturated rings. The topological polar surface area (TPSA) is 131 Å². The second-order valence-corrected chi connectivity index (χ2v) is 7.79. The minimum absolute atomic E-state index is 0.362. The zero-order chi connectivity index (χ0) is 22.2. The predicted molar refractivity (Wildman–Crippen MR) is 122 cm³/mol. The maximum absolute atomic E-state index is 10.7. The van der Waals surface area contributed by atoms with E-state index < -0.39 is 18.2 Å². The predicted octanol–water partition coefficient (Wildman–Crippen LogP) is 2.28. The van der Waals surface area contributed by atoms with Gasteiger partial charge in [0.1, 0.15) is 41.6 Å². The summed E-state index contributed by atoms with van der Waals surface area (Å²) in [7, 11) is 1.83. The van der Waals surface area contributed by atoms with E-state index in [1.807, 2.05) is 54.1 Å². The number of aliphatic hydroxyl groups is 2. The largest absolute Gasteiger partial charge is 0.493 e. The summed E-state index contributed by atoms with van der Waals surface area (Å²) in [5.41, 5.74) is 8.09. The van der Waals surface area contributed by atoms with E-state index in [0.29, 0.717) is 35.6 Å². The van der Waals surface area contributed by atoms with Crippen LogP contribution in [0.2, 0.25) is 0 Å². The molecule has 32 heavy (non-hydrogen) atoms. The van der Waals surface area contributed by atoms with Crippen molar-refractivity contribution in [3.63, 3.8) is 0 Å². The van der Waals surface area contributed by atoms with E-state index >= 15 is 0 Å². The maximum Gasteiger partial charge on any atom is 0.146 e. The molecule has 0 radical (unpaired) electrons. The molecular weight excluding hydrogens is 408 g/mol. The van der Waals surface area contributed by atoms with Crippen molar-refractivity contribution < 1.29 is 14.9 Å². The monoisotopic (exact) mass is 432 g/mol. The summed E-state index contributed by atoms with van der Waals surface area (Å²) >= 11 is 0. The van der Waals surface area contributed by atoms with Gasteiger partial charge in [0.15, 0.2) is 0 Å². The molecule has 4 aromatic rings. The van der Waals surface area contributed by atoms with Crippen LogP contribution >= 0.6 is 0 Å². The lowest BCUT2D eigenvalue weighted by Crippen LogP contribution is -2.29. The molecule has 1 aliphatic carbocycles. The van der Waals surface area contributed by atoms with Crippen molar-refractivity contribution >= 4 is 33.6 Å². The fraction of sp³-hybridized carbons (Fsp3) is 0.261. The Hall–Kier alpha value is -3.69. The van der Waals surface area contributed by atoms with Crippen LogP contribution in [0.4, 0.5) is 11.6 Å². The van der Waals surface area contributed by atoms with Crippen molar-refractivity contribution in [3.8, 4) is 5.75 Å². The third kappa shape index (κ3) is 3.51. The van der Waals surface area contributed by atoms with Crippen LogP contribution < -0.4 is 15.8 Å². The van der Waals surface area contributed by atoms with E-state index in [1.165, 1.54) is 6.33 Å². The van der Waals surface area contributed by atoms with E-state index in [1.54, 1.807) is 6.20 Å². The van der Waals surface area contributed by atoms with E-state index in [0.717, 1.165) is 22.3 Å². The zero-order valence-corrected chi connectivity index (χ0v) is 17.5. The number of fused-ring (bicyclic) bond motifs is 2. The van der Waals surface area contributed by atoms with Crippen molar-refractivity contribution in [3.05, 3.63) is 60.6 Å². The van der Waals surface area contributed by atoms with Gasteiger partial charge >= 0.3 is 0 Å². The first kappa shape index (κ1) is 20.2. The third-order valence-corrected chi connectivity index (χ3v) is 5.88. The number of nitrogens with one attached hydrogen (secondary N) is 1. The SMILES string of the molecule is CNc1ccc2ccc(OCCC3=C[C@@H](n4ccc5c(N)ncnc54)[C@H](O)[C@@H]3O)cc2n1. The molecule has 0 spiro atoms. The van der Waals surface area contributed by atoms with Gasteiger partial charge in [0.05, 0.1) is 23.6 Å². The first-order valence-electron chi connectivity index (χ1n) is 10.4. The molecule has 164 valence electrons. The number of aliphatic hydroxyl groups excluding tert-OH is 2. The van der Waals surface area contributed by atoms with Gasteiger partial charge in [-0.1, -0.05) is 6.08 Å². The number of nitrogen functional groups attached to an aromatic ring is 1. The lowest BCUT2D eigenvalue weighted by atomic mass is 10.1. The Morgan fingerprint density at radius 2 is 2.00 bits per heavy atom. The molecular formula is C23H24N6O3. The Kier molecular flexibility index (Phi) is 5.12. The number of rotatable bonds is 6. The molecule has 1 aromatic carbocycles. The van der Waals surface area contributed by atoms with Gasteiger partial charge in [-0.25, -0.2) is 15.0 Å². The summed E-state index contributed by atoms with van der Waals surface area (Å²) in [6.45, 7) is 0.362. The molecule has 5 N–H and O–H groups in total. The highest BCUT2D eigenvalue weighted by Gasteiger charge is 2.36. The van der Waals surface area contributed by atoms with Crippen molar-refractivity contribution in [2.24, 2.45) is 0 Å². The van der Waals surface area contributed by atoms with Gasteiger partial charge in [0, 0.05) is 31.1 Å². The minimum atomic E-state index is -0.985. The highest BCUT2D eigenvalue weighted by molar-refractivity contribution is 5.86. The minimum Gasteiger partial charge on any atom is -0.493 e. The van der Waals surface area contributed by atoms with Crippen LogP contribution in [0.1, 0.15) is 12.5 Å². The molecule has 1 aliphatic rings. The average molecular weight is 432 g/mol. The van der Waals surface area contributed by atoms with Gasteiger partial charge in [-0.2, -0.15) is 0 Å². The molecule has 3 aromatic heterocycles. The molecule has 9 heteroatoms. The summed E-state index contributed by atoms with van der Waals surface area (Å²) in [5, 5.41) is 26.0. The van der Waals surface area contributed by atoms with Gasteiger partial charge in [0.25, 0.3) is 0 Å². The second-order valence-electron chi connectivity index (χ2n) is 7.79. The Balaban J connectivity index is 1.31. The second kappa shape index (κ2) is 8.10. The summed E-state index contributed by atoms with van der Waals surface area (Å²) in [4.78, 5) is 12.8. The molecule has 3 atom stereocenters. The van der Waals surface area contributed by atoms with Crippen molar-refractivity contribution in [2.75, 3.05) is 24.7 Å². The van der Waals surface area contributed by atoms with Crippen molar-refractivity contribution in [2.45, 2.75) is 24.7 Å². The van der Waals surface area contributed by atoms with Gasteiger partial charge in [-0.05, 0) is 35.9 Å². The highest BCUT2D eigenvalue weighted by Crippen LogP contribution is 2.34. The molecule has 0 unspecified atom stereocenters. The molecule has 0 aliphatic heterocycles. The average Bonchev–Trinajstić information content (AvgIpc) is 3.36. The van der Waals surface area contributed by atoms with Gasteiger partial charge in [-0.3, -0.25) is 0 Å². The Bertz CT molecular complexity index is 1320. The number of aromatic nitrogens is 4. The number of nitrogens with two attached hydrogens (primary N) is 1. The molecule has 5 rings (SSSR count). The number of hydrogen-bond acceptors (Lipinski definition) is 8. The summed E-state index contributed by atoms with van der Waals surface area (Å²) in [6.07, 6.45) is 3.58. The standard InChI is InChI=1S/C23H24N6O3/c1-25-19-5-3-13-2-4-15(11-17(13)28-19)32-9-7-14-10-18(21(31)20(14)30)29-8-6-16-22(24)26-12-27-23(16)29/h2-6,8,10-12,18,20-21,30-31H,7,9H2,1H3,(H,25,28)(H2,24,26,27)/t18-,20-,21+/m1/s1. The molecule has 9 nitrogen and oxygen atoms in total. The smallest absolute Gasteiger partial charge is 0.146 e. The van der Waals surface area contributed by atoms with Gasteiger partial charge in [-0.15, -0.1) is 0 Å². The Morgan fingerprint density at radius 1 is 1.16 bits per heavy atom. The maximum atomic E-state index is 10.7. The first-order valence-corrected chi connectivity index (χ1v) is 10.4. The quantitative estimate of drug-likeness (QED) is 0.341. The third-order valence-electron chi connectivity index (χ3n) is 5.88. The van der Waals surface area contributed by atoms with Crippen LogP contribution in [0.3, 0.4) is 0 Å². The van der Waals surface area contributed by atoms with E-state index in [-0.39, 0.29) is 0 Å². The fourth-order valence-electron chi connectivity index (χ4n) is 4.14. The van der Waals surface area contributed by atoms with Crippen LogP contribution in [0.25, 0.3) is 21.9 Å². The van der Waals surface area contributed by atoms with E-state index in [4.69, 9.17) is 10.5 Å². The number of hydrogen-bond donors (Lipinski definition) is 4.